The molecule has 1 unspecified atom stereocenters. The van der Waals surface area contributed by atoms with Crippen molar-refractivity contribution >= 4 is 18.5 Å². The molecule has 0 spiro atoms. The quantitative estimate of drug-likeness (QED) is 0.421. The van der Waals surface area contributed by atoms with E-state index in [1.165, 1.54) is 0 Å². The van der Waals surface area contributed by atoms with E-state index in [1.54, 1.807) is 24.5 Å². The molecule has 2 heterocycles. The van der Waals surface area contributed by atoms with Gasteiger partial charge >= 0.3 is 0 Å². The lowest BCUT2D eigenvalue weighted by Gasteiger charge is -2.37. The highest BCUT2D eigenvalue weighted by Gasteiger charge is 2.31. The summed E-state index contributed by atoms with van der Waals surface area (Å²) in [5, 5.41) is 11.9. The van der Waals surface area contributed by atoms with E-state index < -0.39 is 12.5 Å². The number of piperidine rings is 1. The Bertz CT molecular complexity index is 776. The van der Waals surface area contributed by atoms with Crippen LogP contribution < -0.4 is 4.74 Å². The van der Waals surface area contributed by atoms with Crippen LogP contribution in [0.1, 0.15) is 18.5 Å². The SMILES string of the molecule is C=N/C(=C(\SC)C(CN=O)N1CCC(COc2cccc(C#N)n2)CC1)C(F)F. The molecular formula is C19H23F2N5O2S. The molecule has 1 fully saturated rings. The number of halogens is 2. The fraction of sp³-hybridized carbons (Fsp3) is 0.526. The Balaban J connectivity index is 2.00. The van der Waals surface area contributed by atoms with E-state index in [9.17, 15) is 13.7 Å². The van der Waals surface area contributed by atoms with E-state index in [0.29, 0.717) is 36.2 Å². The maximum atomic E-state index is 13.3. The van der Waals surface area contributed by atoms with Gasteiger partial charge in [-0.25, -0.2) is 13.8 Å². The number of alkyl halides is 2. The zero-order chi connectivity index (χ0) is 21.2. The first kappa shape index (κ1) is 22.9. The average Bonchev–Trinajstić information content (AvgIpc) is 2.75. The number of rotatable bonds is 10. The van der Waals surface area contributed by atoms with Crippen molar-refractivity contribution in [1.82, 2.24) is 9.88 Å². The van der Waals surface area contributed by atoms with Crippen LogP contribution in [0, 0.1) is 22.2 Å². The highest BCUT2D eigenvalue weighted by molar-refractivity contribution is 8.02. The molecule has 0 N–H and O–H groups in total. The Labute approximate surface area is 172 Å². The van der Waals surface area contributed by atoms with Gasteiger partial charge in [-0.05, 0) is 50.9 Å². The summed E-state index contributed by atoms with van der Waals surface area (Å²) in [4.78, 5) is 20.8. The van der Waals surface area contributed by atoms with E-state index in [-0.39, 0.29) is 18.2 Å². The minimum Gasteiger partial charge on any atom is -0.477 e. The summed E-state index contributed by atoms with van der Waals surface area (Å²) >= 11 is 1.15. The van der Waals surface area contributed by atoms with Crippen molar-refractivity contribution in [2.75, 3.05) is 32.5 Å². The van der Waals surface area contributed by atoms with Crippen LogP contribution in [-0.2, 0) is 0 Å². The maximum absolute atomic E-state index is 13.3. The van der Waals surface area contributed by atoms with Gasteiger partial charge in [-0.3, -0.25) is 9.89 Å². The van der Waals surface area contributed by atoms with Crippen molar-refractivity contribution in [2.24, 2.45) is 16.1 Å². The normalized spacial score (nSPS) is 17.3. The molecule has 29 heavy (non-hydrogen) atoms. The molecule has 1 aliphatic heterocycles. The van der Waals surface area contributed by atoms with Gasteiger partial charge in [-0.2, -0.15) is 10.2 Å². The molecule has 156 valence electrons. The Hall–Kier alpha value is -2.38. The second kappa shape index (κ2) is 11.6. The van der Waals surface area contributed by atoms with Crippen molar-refractivity contribution in [3.63, 3.8) is 0 Å². The van der Waals surface area contributed by atoms with E-state index in [1.807, 2.05) is 11.0 Å². The fourth-order valence-electron chi connectivity index (χ4n) is 3.29. The van der Waals surface area contributed by atoms with E-state index in [4.69, 9.17) is 10.00 Å². The summed E-state index contributed by atoms with van der Waals surface area (Å²) in [7, 11) is 0. The lowest BCUT2D eigenvalue weighted by Crippen LogP contribution is -2.44. The van der Waals surface area contributed by atoms with Crippen LogP contribution in [-0.4, -0.2) is 61.6 Å². The largest absolute Gasteiger partial charge is 0.477 e. The third-order valence-electron chi connectivity index (χ3n) is 4.79. The van der Waals surface area contributed by atoms with Gasteiger partial charge in [0, 0.05) is 11.0 Å². The van der Waals surface area contributed by atoms with Gasteiger partial charge < -0.3 is 4.74 Å². The smallest absolute Gasteiger partial charge is 0.281 e. The van der Waals surface area contributed by atoms with Crippen molar-refractivity contribution in [1.29, 1.82) is 5.26 Å². The summed E-state index contributed by atoms with van der Waals surface area (Å²) < 4.78 is 32.3. The molecule has 2 rings (SSSR count). The number of hydrogen-bond donors (Lipinski definition) is 0. The molecule has 0 amide bonds. The molecule has 0 saturated carbocycles. The molecule has 1 atom stereocenters. The molecule has 1 aliphatic rings. The van der Waals surface area contributed by atoms with Crippen LogP contribution in [0.3, 0.4) is 0 Å². The molecule has 1 aromatic heterocycles. The summed E-state index contributed by atoms with van der Waals surface area (Å²) in [6, 6.07) is 6.45. The molecule has 0 aromatic carbocycles. The third-order valence-corrected chi connectivity index (χ3v) is 5.72. The van der Waals surface area contributed by atoms with Crippen LogP contribution in [0.5, 0.6) is 5.88 Å². The number of hydrogen-bond acceptors (Lipinski definition) is 8. The maximum Gasteiger partial charge on any atom is 0.281 e. The van der Waals surface area contributed by atoms with Crippen molar-refractivity contribution in [2.45, 2.75) is 25.3 Å². The van der Waals surface area contributed by atoms with Gasteiger partial charge in [-0.15, -0.1) is 11.8 Å². The predicted molar refractivity (Wildman–Crippen MR) is 109 cm³/mol. The summed E-state index contributed by atoms with van der Waals surface area (Å²) in [5.41, 5.74) is -0.0939. The Kier molecular flexibility index (Phi) is 9.15. The molecule has 1 saturated heterocycles. The first-order valence-corrected chi connectivity index (χ1v) is 10.3. The molecule has 0 bridgehead atoms. The first-order chi connectivity index (χ1) is 14.0. The summed E-state index contributed by atoms with van der Waals surface area (Å²) in [5.74, 6) is 0.665. The van der Waals surface area contributed by atoms with Gasteiger partial charge in [0.2, 0.25) is 5.88 Å². The average molecular weight is 423 g/mol. The lowest BCUT2D eigenvalue weighted by molar-refractivity contribution is 0.119. The van der Waals surface area contributed by atoms with Crippen molar-refractivity contribution < 1.29 is 13.5 Å². The van der Waals surface area contributed by atoms with Crippen LogP contribution in [0.4, 0.5) is 8.78 Å². The number of nitroso groups, excluding NO2 is 1. The van der Waals surface area contributed by atoms with Crippen LogP contribution in [0.2, 0.25) is 0 Å². The van der Waals surface area contributed by atoms with Gasteiger partial charge in [-0.1, -0.05) is 11.2 Å². The zero-order valence-electron chi connectivity index (χ0n) is 16.1. The monoisotopic (exact) mass is 423 g/mol. The zero-order valence-corrected chi connectivity index (χ0v) is 16.9. The highest BCUT2D eigenvalue weighted by Crippen LogP contribution is 2.31. The number of aliphatic imine (C=N–C) groups is 1. The minimum atomic E-state index is -2.76. The first-order valence-electron chi connectivity index (χ1n) is 9.10. The fourth-order valence-corrected chi connectivity index (χ4v) is 4.15. The number of ether oxygens (including phenoxy) is 1. The predicted octanol–water partition coefficient (Wildman–Crippen LogP) is 3.72. The minimum absolute atomic E-state index is 0.117. The topological polar surface area (TPSA) is 90.9 Å². The summed E-state index contributed by atoms with van der Waals surface area (Å²) in [6.45, 7) is 4.83. The highest BCUT2D eigenvalue weighted by atomic mass is 32.2. The number of nitriles is 1. The Morgan fingerprint density at radius 3 is 2.76 bits per heavy atom. The molecule has 7 nitrogen and oxygen atoms in total. The van der Waals surface area contributed by atoms with E-state index in [0.717, 1.165) is 24.6 Å². The third kappa shape index (κ3) is 6.30. The molecule has 1 aromatic rings. The lowest BCUT2D eigenvalue weighted by atomic mass is 9.96. The Morgan fingerprint density at radius 2 is 2.21 bits per heavy atom. The van der Waals surface area contributed by atoms with E-state index >= 15 is 0 Å². The molecular weight excluding hydrogens is 400 g/mol. The Morgan fingerprint density at radius 1 is 1.48 bits per heavy atom. The van der Waals surface area contributed by atoms with Crippen molar-refractivity contribution in [3.05, 3.63) is 39.4 Å². The van der Waals surface area contributed by atoms with Crippen LogP contribution >= 0.6 is 11.8 Å². The second-order valence-electron chi connectivity index (χ2n) is 6.50. The number of likely N-dealkylation sites (tertiary alicyclic amines) is 1. The van der Waals surface area contributed by atoms with Crippen LogP contribution in [0.15, 0.2) is 39.0 Å². The van der Waals surface area contributed by atoms with Gasteiger partial charge in [0.05, 0.1) is 12.6 Å². The second-order valence-corrected chi connectivity index (χ2v) is 7.35. The number of allylic oxidation sites excluding steroid dienone is 1. The van der Waals surface area contributed by atoms with Gasteiger partial charge in [0.1, 0.15) is 24.0 Å². The van der Waals surface area contributed by atoms with Crippen molar-refractivity contribution in [3.8, 4) is 11.9 Å². The molecule has 0 aliphatic carbocycles. The van der Waals surface area contributed by atoms with Crippen LogP contribution in [0.25, 0.3) is 0 Å². The number of thioether (sulfide) groups is 1. The standard InChI is InChI=1S/C19H23F2N5O2S/c1-23-17(19(20)21)18(29-2)15(11-24-27)26-8-6-13(7-9-26)12-28-16-5-3-4-14(10-22)25-16/h3-5,13,15,19H,1,6-9,11-12H2,2H3/b18-17-. The molecule has 10 heteroatoms. The number of aromatic nitrogens is 1. The number of nitrogens with zero attached hydrogens (tertiary/aromatic N) is 5. The number of pyridine rings is 1. The van der Waals surface area contributed by atoms with Gasteiger partial charge in [0.15, 0.2) is 0 Å². The van der Waals surface area contributed by atoms with Gasteiger partial charge in [0.25, 0.3) is 6.43 Å². The summed E-state index contributed by atoms with van der Waals surface area (Å²) in [6.07, 6.45) is 0.483. The van der Waals surface area contributed by atoms with E-state index in [2.05, 4.69) is 21.9 Å². The molecule has 0 radical (unpaired) electrons.